The van der Waals surface area contributed by atoms with Crippen molar-refractivity contribution in [1.82, 2.24) is 0 Å². The van der Waals surface area contributed by atoms with E-state index in [4.69, 9.17) is 14.2 Å². The zero-order valence-corrected chi connectivity index (χ0v) is 52.1. The van der Waals surface area contributed by atoms with Gasteiger partial charge in [0.1, 0.15) is 13.2 Å². The molecule has 1 unspecified atom stereocenters. The Labute approximate surface area is 476 Å². The molecule has 0 aromatic rings. The number of carbonyl (C=O) groups excluding carboxylic acids is 3. The second-order valence-electron chi connectivity index (χ2n) is 24.2. The number of rotatable bonds is 66. The first-order chi connectivity index (χ1) is 37.5. The summed E-state index contributed by atoms with van der Waals surface area (Å²) in [6.07, 6.45) is 76.9. The highest BCUT2D eigenvalue weighted by Crippen LogP contribution is 2.19. The minimum Gasteiger partial charge on any atom is -0.462 e. The topological polar surface area (TPSA) is 78.9 Å². The van der Waals surface area contributed by atoms with Crippen LogP contribution in [-0.2, 0) is 28.6 Å². The fraction of sp³-hybridized carbons (Fsp3) is 0.957. The van der Waals surface area contributed by atoms with Gasteiger partial charge in [0.05, 0.1) is 0 Å². The van der Waals surface area contributed by atoms with Crippen molar-refractivity contribution in [2.24, 2.45) is 0 Å². The van der Waals surface area contributed by atoms with Crippen molar-refractivity contribution in [3.63, 3.8) is 0 Å². The molecule has 0 N–H and O–H groups in total. The van der Waals surface area contributed by atoms with Gasteiger partial charge >= 0.3 is 17.9 Å². The lowest BCUT2D eigenvalue weighted by Gasteiger charge is -2.18. The highest BCUT2D eigenvalue weighted by Gasteiger charge is 2.19. The van der Waals surface area contributed by atoms with E-state index in [1.807, 2.05) is 0 Å². The zero-order valence-electron chi connectivity index (χ0n) is 52.1. The lowest BCUT2D eigenvalue weighted by molar-refractivity contribution is -0.167. The van der Waals surface area contributed by atoms with Crippen molar-refractivity contribution in [3.05, 3.63) is 0 Å². The summed E-state index contributed by atoms with van der Waals surface area (Å²) < 4.78 is 17.0. The molecule has 0 aromatic heterocycles. The Kier molecular flexibility index (Phi) is 64.5. The summed E-state index contributed by atoms with van der Waals surface area (Å²) in [4.78, 5) is 38.4. The first kappa shape index (κ1) is 74.4. The van der Waals surface area contributed by atoms with Gasteiger partial charge in [0.25, 0.3) is 0 Å². The molecule has 0 rings (SSSR count). The average Bonchev–Trinajstić information content (AvgIpc) is 3.42. The van der Waals surface area contributed by atoms with Gasteiger partial charge in [0.2, 0.25) is 0 Å². The number of ether oxygens (including phenoxy) is 3. The minimum atomic E-state index is -0.763. The highest BCUT2D eigenvalue weighted by molar-refractivity contribution is 5.71. The molecule has 0 saturated carbocycles. The maximum atomic E-state index is 13.0. The monoisotopic (exact) mass is 1070 g/mol. The molecule has 0 aromatic carbocycles. The second kappa shape index (κ2) is 65.9. The third kappa shape index (κ3) is 63.2. The molecule has 76 heavy (non-hydrogen) atoms. The quantitative estimate of drug-likeness (QED) is 0.0343. The van der Waals surface area contributed by atoms with Gasteiger partial charge in [-0.3, -0.25) is 14.4 Å². The summed E-state index contributed by atoms with van der Waals surface area (Å²) in [5.41, 5.74) is 0. The summed E-state index contributed by atoms with van der Waals surface area (Å²) in [5.74, 6) is -0.818. The van der Waals surface area contributed by atoms with Crippen LogP contribution in [-0.4, -0.2) is 37.2 Å². The van der Waals surface area contributed by atoms with Crippen LogP contribution in [0.1, 0.15) is 412 Å². The van der Waals surface area contributed by atoms with Crippen molar-refractivity contribution in [3.8, 4) is 0 Å². The fourth-order valence-corrected chi connectivity index (χ4v) is 11.1. The number of hydrogen-bond acceptors (Lipinski definition) is 6. The van der Waals surface area contributed by atoms with Crippen LogP contribution >= 0.6 is 0 Å². The molecule has 0 amide bonds. The lowest BCUT2D eigenvalue weighted by Crippen LogP contribution is -2.30. The number of unbranched alkanes of at least 4 members (excludes halogenated alkanes) is 55. The average molecular weight is 1070 g/mol. The predicted octanol–water partition coefficient (Wildman–Crippen LogP) is 23.8. The Bertz CT molecular complexity index is 1140. The van der Waals surface area contributed by atoms with Crippen molar-refractivity contribution in [1.29, 1.82) is 0 Å². The minimum absolute atomic E-state index is 0.0600. The van der Waals surface area contributed by atoms with E-state index in [0.717, 1.165) is 57.8 Å². The molecule has 6 heteroatoms. The Hall–Kier alpha value is -1.59. The standard InChI is InChI=1S/C70H136O6/c1-4-7-10-13-16-19-22-25-28-31-33-35-37-39-42-45-48-51-54-57-60-63-69(72)75-66-67(65-74-68(71)62-59-56-53-50-47-44-41-38-30-27-24-21-18-15-12-9-6-3)76-70(73)64-61-58-55-52-49-46-43-40-36-34-32-29-26-23-20-17-14-11-8-5-2/h67H,4-66H2,1-3H3. The molecule has 0 bridgehead atoms. The first-order valence-corrected chi connectivity index (χ1v) is 35.0. The Balaban J connectivity index is 4.26. The van der Waals surface area contributed by atoms with Crippen LogP contribution in [0.3, 0.4) is 0 Å². The van der Waals surface area contributed by atoms with E-state index < -0.39 is 6.10 Å². The number of carbonyl (C=O) groups is 3. The third-order valence-electron chi connectivity index (χ3n) is 16.4. The summed E-state index contributed by atoms with van der Waals surface area (Å²) in [7, 11) is 0. The van der Waals surface area contributed by atoms with E-state index in [9.17, 15) is 14.4 Å². The number of hydrogen-bond donors (Lipinski definition) is 0. The normalized spacial score (nSPS) is 11.9. The van der Waals surface area contributed by atoms with Gasteiger partial charge in [0, 0.05) is 19.3 Å². The molecule has 0 saturated heterocycles. The van der Waals surface area contributed by atoms with Gasteiger partial charge in [0.15, 0.2) is 6.10 Å². The maximum absolute atomic E-state index is 13.0. The SMILES string of the molecule is CCCCCCCCCCCCCCCCCCCCCCCC(=O)OCC(COC(=O)CCCCCCCCCCCCCCCCCCC)OC(=O)CCCCCCCCCCCCCCCCCCCCCC. The summed E-state index contributed by atoms with van der Waals surface area (Å²) in [6, 6.07) is 0. The van der Waals surface area contributed by atoms with E-state index >= 15 is 0 Å². The van der Waals surface area contributed by atoms with Crippen molar-refractivity contribution in [2.75, 3.05) is 13.2 Å². The summed E-state index contributed by atoms with van der Waals surface area (Å²) >= 11 is 0. The Morgan fingerprint density at radius 2 is 0.355 bits per heavy atom. The fourth-order valence-electron chi connectivity index (χ4n) is 11.1. The van der Waals surface area contributed by atoms with Crippen molar-refractivity contribution >= 4 is 17.9 Å². The maximum Gasteiger partial charge on any atom is 0.306 e. The highest BCUT2D eigenvalue weighted by atomic mass is 16.6. The lowest BCUT2D eigenvalue weighted by atomic mass is 10.0. The van der Waals surface area contributed by atoms with Gasteiger partial charge in [-0.05, 0) is 19.3 Å². The second-order valence-corrected chi connectivity index (χ2v) is 24.2. The Morgan fingerprint density at radius 1 is 0.211 bits per heavy atom. The molecule has 0 aliphatic carbocycles. The van der Waals surface area contributed by atoms with E-state index in [-0.39, 0.29) is 31.1 Å². The van der Waals surface area contributed by atoms with E-state index in [2.05, 4.69) is 20.8 Å². The van der Waals surface area contributed by atoms with Gasteiger partial charge < -0.3 is 14.2 Å². The molecule has 452 valence electrons. The van der Waals surface area contributed by atoms with Crippen LogP contribution in [0.5, 0.6) is 0 Å². The van der Waals surface area contributed by atoms with Gasteiger partial charge in [-0.25, -0.2) is 0 Å². The van der Waals surface area contributed by atoms with Crippen LogP contribution in [0.4, 0.5) is 0 Å². The molecular weight excluding hydrogens is 937 g/mol. The van der Waals surface area contributed by atoms with Gasteiger partial charge in [-0.1, -0.05) is 374 Å². The van der Waals surface area contributed by atoms with E-state index in [1.54, 1.807) is 0 Å². The molecule has 0 aliphatic rings. The molecule has 0 fully saturated rings. The third-order valence-corrected chi connectivity index (χ3v) is 16.4. The van der Waals surface area contributed by atoms with Crippen LogP contribution in [0.15, 0.2) is 0 Å². The van der Waals surface area contributed by atoms with Crippen LogP contribution < -0.4 is 0 Å². The molecule has 0 spiro atoms. The van der Waals surface area contributed by atoms with E-state index in [0.29, 0.717) is 19.3 Å². The molecular formula is C70H136O6. The molecule has 6 nitrogen and oxygen atoms in total. The molecule has 0 radical (unpaired) electrons. The first-order valence-electron chi connectivity index (χ1n) is 35.0. The van der Waals surface area contributed by atoms with Crippen molar-refractivity contribution < 1.29 is 28.6 Å². The summed E-state index contributed by atoms with van der Waals surface area (Å²) in [5, 5.41) is 0. The van der Waals surface area contributed by atoms with Crippen LogP contribution in [0, 0.1) is 0 Å². The zero-order chi connectivity index (χ0) is 55.0. The van der Waals surface area contributed by atoms with Crippen LogP contribution in [0.25, 0.3) is 0 Å². The van der Waals surface area contributed by atoms with Crippen LogP contribution in [0.2, 0.25) is 0 Å². The van der Waals surface area contributed by atoms with Gasteiger partial charge in [-0.15, -0.1) is 0 Å². The van der Waals surface area contributed by atoms with Gasteiger partial charge in [-0.2, -0.15) is 0 Å². The summed E-state index contributed by atoms with van der Waals surface area (Å²) in [6.45, 7) is 6.75. The molecule has 0 aliphatic heterocycles. The van der Waals surface area contributed by atoms with E-state index in [1.165, 1.54) is 315 Å². The number of esters is 3. The molecule has 0 heterocycles. The predicted molar refractivity (Wildman–Crippen MR) is 330 cm³/mol. The van der Waals surface area contributed by atoms with Crippen molar-refractivity contribution in [2.45, 2.75) is 419 Å². The Morgan fingerprint density at radius 3 is 0.526 bits per heavy atom. The molecule has 1 atom stereocenters. The largest absolute Gasteiger partial charge is 0.462 e. The smallest absolute Gasteiger partial charge is 0.306 e.